The molecule has 1 atom stereocenters. The SMILES string of the molecule is CCCCCC[N+](C)(C)CC(CCCC)[N+](C)(C)CC.[Cl-].[Cl-]. The van der Waals surface area contributed by atoms with Crippen molar-refractivity contribution in [2.24, 2.45) is 0 Å². The largest absolute Gasteiger partial charge is 1.00 e. The van der Waals surface area contributed by atoms with E-state index in [2.05, 4.69) is 49.0 Å². The lowest BCUT2D eigenvalue weighted by Crippen LogP contribution is -3.00. The Labute approximate surface area is 153 Å². The molecule has 0 aromatic carbocycles. The summed E-state index contributed by atoms with van der Waals surface area (Å²) >= 11 is 0. The smallest absolute Gasteiger partial charge is 0.138 e. The summed E-state index contributed by atoms with van der Waals surface area (Å²) in [5, 5.41) is 0. The summed E-state index contributed by atoms with van der Waals surface area (Å²) in [6.07, 6.45) is 9.62. The van der Waals surface area contributed by atoms with E-state index in [-0.39, 0.29) is 24.8 Å². The van der Waals surface area contributed by atoms with Crippen LogP contribution >= 0.6 is 0 Å². The Kier molecular flexibility index (Phi) is 17.3. The first kappa shape index (κ1) is 27.4. The fourth-order valence-corrected chi connectivity index (χ4v) is 2.99. The summed E-state index contributed by atoms with van der Waals surface area (Å²) in [5.74, 6) is 0. The highest BCUT2D eigenvalue weighted by atomic mass is 35.5. The number of nitrogens with zero attached hydrogens (tertiary/aromatic N) is 2. The highest BCUT2D eigenvalue weighted by molar-refractivity contribution is 4.59. The van der Waals surface area contributed by atoms with E-state index in [9.17, 15) is 0 Å². The Balaban J connectivity index is -0.00000180. The van der Waals surface area contributed by atoms with E-state index < -0.39 is 0 Å². The summed E-state index contributed by atoms with van der Waals surface area (Å²) in [6.45, 7) is 10.8. The van der Waals surface area contributed by atoms with E-state index in [4.69, 9.17) is 0 Å². The molecule has 0 rings (SSSR count). The molecule has 0 heterocycles. The van der Waals surface area contributed by atoms with Gasteiger partial charge in [-0.25, -0.2) is 0 Å². The first-order chi connectivity index (χ1) is 9.29. The molecule has 1 unspecified atom stereocenters. The van der Waals surface area contributed by atoms with Crippen molar-refractivity contribution >= 4 is 0 Å². The first-order valence-electron chi connectivity index (χ1n) is 8.93. The van der Waals surface area contributed by atoms with Gasteiger partial charge in [-0.15, -0.1) is 0 Å². The minimum absolute atomic E-state index is 0. The van der Waals surface area contributed by atoms with Gasteiger partial charge in [0.1, 0.15) is 12.6 Å². The molecule has 138 valence electrons. The van der Waals surface area contributed by atoms with Crippen LogP contribution in [0, 0.1) is 0 Å². The van der Waals surface area contributed by atoms with E-state index in [0.29, 0.717) is 0 Å². The fourth-order valence-electron chi connectivity index (χ4n) is 2.99. The zero-order chi connectivity index (χ0) is 15.6. The minimum atomic E-state index is 0. The molecule has 0 fully saturated rings. The maximum atomic E-state index is 2.43. The van der Waals surface area contributed by atoms with Crippen LogP contribution < -0.4 is 24.8 Å². The third kappa shape index (κ3) is 12.0. The second-order valence-electron chi connectivity index (χ2n) is 7.79. The molecule has 4 heteroatoms. The Morgan fingerprint density at radius 1 is 0.727 bits per heavy atom. The maximum Gasteiger partial charge on any atom is 0.138 e. The van der Waals surface area contributed by atoms with Crippen LogP contribution in [0.4, 0.5) is 0 Å². The van der Waals surface area contributed by atoms with E-state index in [1.165, 1.54) is 73.5 Å². The number of unbranched alkanes of at least 4 members (excludes halogenated alkanes) is 4. The van der Waals surface area contributed by atoms with Gasteiger partial charge in [0.2, 0.25) is 0 Å². The number of likely N-dealkylation sites (N-methyl/N-ethyl adjacent to an activating group) is 2. The van der Waals surface area contributed by atoms with Crippen molar-refractivity contribution in [3.8, 4) is 0 Å². The van der Waals surface area contributed by atoms with Gasteiger partial charge in [-0.05, 0) is 26.2 Å². The summed E-state index contributed by atoms with van der Waals surface area (Å²) in [7, 11) is 9.69. The number of hydrogen-bond donors (Lipinski definition) is 0. The van der Waals surface area contributed by atoms with Gasteiger partial charge >= 0.3 is 0 Å². The number of rotatable bonds is 12. The standard InChI is InChI=1S/C18H42N2.2ClH/c1-8-11-13-14-16-19(4,5)17-18(15-12-9-2)20(6,7)10-3;;/h18H,8-17H2,1-7H3;2*1H/q+2;;/p-2. The average Bonchev–Trinajstić information content (AvgIpc) is 2.39. The molecule has 0 N–H and O–H groups in total. The monoisotopic (exact) mass is 356 g/mol. The van der Waals surface area contributed by atoms with Crippen LogP contribution in [-0.2, 0) is 0 Å². The van der Waals surface area contributed by atoms with Crippen LogP contribution in [0.2, 0.25) is 0 Å². The predicted octanol–water partition coefficient (Wildman–Crippen LogP) is -1.69. The summed E-state index contributed by atoms with van der Waals surface area (Å²) < 4.78 is 2.37. The van der Waals surface area contributed by atoms with Gasteiger partial charge in [0.25, 0.3) is 0 Å². The van der Waals surface area contributed by atoms with E-state index in [0.717, 1.165) is 6.04 Å². The van der Waals surface area contributed by atoms with E-state index in [1.54, 1.807) is 0 Å². The molecule has 0 aliphatic rings. The molecule has 0 aromatic heterocycles. The van der Waals surface area contributed by atoms with Crippen LogP contribution in [-0.4, -0.2) is 62.8 Å². The van der Waals surface area contributed by atoms with Crippen LogP contribution in [0.3, 0.4) is 0 Å². The van der Waals surface area contributed by atoms with Crippen molar-refractivity contribution in [1.29, 1.82) is 0 Å². The minimum Gasteiger partial charge on any atom is -1.00 e. The normalized spacial score (nSPS) is 13.2. The molecule has 0 aromatic rings. The lowest BCUT2D eigenvalue weighted by Gasteiger charge is -2.42. The van der Waals surface area contributed by atoms with Crippen LogP contribution in [0.15, 0.2) is 0 Å². The summed E-state index contributed by atoms with van der Waals surface area (Å²) in [5.41, 5.74) is 0. The average molecular weight is 357 g/mol. The molecule has 0 aliphatic carbocycles. The highest BCUT2D eigenvalue weighted by Crippen LogP contribution is 2.18. The molecule has 2 nitrogen and oxygen atoms in total. The van der Waals surface area contributed by atoms with Crippen LogP contribution in [0.5, 0.6) is 0 Å². The first-order valence-corrected chi connectivity index (χ1v) is 8.93. The molecule has 0 aliphatic heterocycles. The molecule has 0 radical (unpaired) electrons. The molecule has 0 saturated heterocycles. The van der Waals surface area contributed by atoms with Gasteiger partial charge in [-0.3, -0.25) is 0 Å². The van der Waals surface area contributed by atoms with Gasteiger partial charge in [-0.2, -0.15) is 0 Å². The second-order valence-corrected chi connectivity index (χ2v) is 7.79. The van der Waals surface area contributed by atoms with Crippen molar-refractivity contribution in [2.75, 3.05) is 47.8 Å². The maximum absolute atomic E-state index is 2.43. The summed E-state index contributed by atoms with van der Waals surface area (Å²) in [4.78, 5) is 0. The fraction of sp³-hybridized carbons (Fsp3) is 1.00. The second kappa shape index (κ2) is 13.9. The third-order valence-electron chi connectivity index (χ3n) is 5.02. The summed E-state index contributed by atoms with van der Waals surface area (Å²) in [6, 6.07) is 0.807. The number of quaternary nitrogens is 2. The quantitative estimate of drug-likeness (QED) is 0.289. The van der Waals surface area contributed by atoms with Gasteiger partial charge in [-0.1, -0.05) is 33.1 Å². The topological polar surface area (TPSA) is 0 Å². The molecular formula is C18H42Cl2N2. The molecular weight excluding hydrogens is 315 g/mol. The van der Waals surface area contributed by atoms with Crippen LogP contribution in [0.1, 0.15) is 65.7 Å². The predicted molar refractivity (Wildman–Crippen MR) is 91.9 cm³/mol. The third-order valence-corrected chi connectivity index (χ3v) is 5.02. The van der Waals surface area contributed by atoms with Gasteiger partial charge in [0.15, 0.2) is 0 Å². The van der Waals surface area contributed by atoms with E-state index >= 15 is 0 Å². The lowest BCUT2D eigenvalue weighted by atomic mass is 10.0. The van der Waals surface area contributed by atoms with Gasteiger partial charge in [0.05, 0.1) is 41.3 Å². The van der Waals surface area contributed by atoms with Gasteiger partial charge in [0, 0.05) is 6.42 Å². The van der Waals surface area contributed by atoms with Crippen molar-refractivity contribution in [2.45, 2.75) is 71.8 Å². The zero-order valence-electron chi connectivity index (χ0n) is 16.3. The van der Waals surface area contributed by atoms with Crippen molar-refractivity contribution in [1.82, 2.24) is 0 Å². The van der Waals surface area contributed by atoms with Crippen LogP contribution in [0.25, 0.3) is 0 Å². The molecule has 0 bridgehead atoms. The van der Waals surface area contributed by atoms with Crippen molar-refractivity contribution in [3.05, 3.63) is 0 Å². The molecule has 22 heavy (non-hydrogen) atoms. The molecule has 0 saturated carbocycles. The lowest BCUT2D eigenvalue weighted by molar-refractivity contribution is -0.964. The van der Waals surface area contributed by atoms with Crippen molar-refractivity contribution in [3.63, 3.8) is 0 Å². The van der Waals surface area contributed by atoms with Crippen molar-refractivity contribution < 1.29 is 33.8 Å². The van der Waals surface area contributed by atoms with Gasteiger partial charge < -0.3 is 33.8 Å². The molecule has 0 amide bonds. The van der Waals surface area contributed by atoms with E-state index in [1.807, 2.05) is 0 Å². The zero-order valence-corrected chi connectivity index (χ0v) is 17.8. The number of hydrogen-bond acceptors (Lipinski definition) is 0. The highest BCUT2D eigenvalue weighted by Gasteiger charge is 2.32. The Bertz CT molecular complexity index is 243. The Morgan fingerprint density at radius 3 is 1.73 bits per heavy atom. The molecule has 0 spiro atoms. The number of halogens is 2. The Morgan fingerprint density at radius 2 is 1.27 bits per heavy atom. The Hall–Kier alpha value is 0.500.